The summed E-state index contributed by atoms with van der Waals surface area (Å²) in [7, 11) is 6.88. The number of aliphatic hydroxyl groups is 1. The molecule has 0 saturated carbocycles. The fourth-order valence-electron chi connectivity index (χ4n) is 11.0. The van der Waals surface area contributed by atoms with Crippen molar-refractivity contribution in [2.24, 2.45) is 29.6 Å². The predicted octanol–water partition coefficient (Wildman–Crippen LogP) is 7.65. The van der Waals surface area contributed by atoms with Crippen molar-refractivity contribution in [2.75, 3.05) is 74.4 Å². The maximum atomic E-state index is 14.7. The molecule has 2 aliphatic heterocycles. The number of fused-ring (bicyclic) bond motifs is 1. The number of amides is 3. The molecule has 2 aromatic carbocycles. The number of hydroxylamine groups is 2. The van der Waals surface area contributed by atoms with Gasteiger partial charge in [0.2, 0.25) is 11.8 Å². The number of ether oxygens (including phenoxy) is 4. The third kappa shape index (κ3) is 15.8. The van der Waals surface area contributed by atoms with Crippen LogP contribution in [0.1, 0.15) is 126 Å². The fraction of sp³-hybridized carbons (Fsp3) is 0.649. The number of aliphatic hydroxyl groups excluding tert-OH is 1. The lowest BCUT2D eigenvalue weighted by atomic mass is 9.83. The molecule has 1 fully saturated rings. The highest BCUT2D eigenvalue weighted by Gasteiger charge is 2.44. The van der Waals surface area contributed by atoms with E-state index in [1.165, 1.54) is 0 Å². The molecule has 1 aromatic heterocycles. The highest BCUT2D eigenvalue weighted by Crippen LogP contribution is 2.35. The van der Waals surface area contributed by atoms with E-state index in [2.05, 4.69) is 31.0 Å². The first-order chi connectivity index (χ1) is 35.4. The molecule has 2 aliphatic rings. The standard InChI is InChI=1S/C57H85N5O11S/c1-12-39(6)52(49(69-10)36-50(65)61-25-18-23-46(61)53(70-11)40(7)47(63)34-42(54-58-24-32-74-54)33-41-19-14-13-15-20-41)60(9)55(66)45(37(2)3)35-48(64)51(38(4)5)59(8)26-27-71-28-29-72-30-31-73-62-56(67)43-21-16-17-22-44(43)57(62)68/h13-17,19-22,24,32,37-40,42,45-46,49,51-53,56,67H,12,18,23,25-31,33-36H2,1-11H3/t39-,40-,42+,45-,46-,49+,51-,52-,53+,56?/m0/s1. The number of benzene rings is 2. The Labute approximate surface area is 444 Å². The van der Waals surface area contributed by atoms with Crippen molar-refractivity contribution in [2.45, 2.75) is 136 Å². The maximum Gasteiger partial charge on any atom is 0.280 e. The summed E-state index contributed by atoms with van der Waals surface area (Å²) in [5, 5.41) is 14.3. The summed E-state index contributed by atoms with van der Waals surface area (Å²) < 4.78 is 23.8. The van der Waals surface area contributed by atoms with Crippen molar-refractivity contribution in [3.8, 4) is 0 Å². The van der Waals surface area contributed by atoms with Crippen LogP contribution in [0.2, 0.25) is 0 Å². The minimum absolute atomic E-state index is 0.0232. The molecule has 3 aromatic rings. The van der Waals surface area contributed by atoms with Crippen LogP contribution >= 0.6 is 11.3 Å². The van der Waals surface area contributed by atoms with E-state index in [0.717, 1.165) is 28.5 Å². The molecular formula is C57H85N5O11S. The van der Waals surface area contributed by atoms with Crippen molar-refractivity contribution in [1.29, 1.82) is 0 Å². The Morgan fingerprint density at radius 1 is 0.838 bits per heavy atom. The lowest BCUT2D eigenvalue weighted by molar-refractivity contribution is -0.205. The number of hydrogen-bond acceptors (Lipinski definition) is 14. The zero-order chi connectivity index (χ0) is 54.1. The Morgan fingerprint density at radius 2 is 1.51 bits per heavy atom. The highest BCUT2D eigenvalue weighted by atomic mass is 32.1. The van der Waals surface area contributed by atoms with Crippen LogP contribution in [0.25, 0.3) is 0 Å². The number of carbonyl (C=O) groups excluding carboxylic acids is 5. The SMILES string of the molecule is CC[C@H](C)[C@@H]([C@@H](CC(=O)N1CCC[C@H]1[C@H](OC)[C@@H](C)C(=O)C[C@@H](Cc1ccccc1)c1nccs1)OC)N(C)C(=O)[C@@H](CC(=O)[C@H](C(C)C)N(C)CCOCCOCCON1C(=O)c2ccccc2C1O)C(C)C. The summed E-state index contributed by atoms with van der Waals surface area (Å²) in [6.45, 7) is 16.2. The van der Waals surface area contributed by atoms with Crippen molar-refractivity contribution in [3.63, 3.8) is 0 Å². The third-order valence-corrected chi connectivity index (χ3v) is 16.2. The van der Waals surface area contributed by atoms with Gasteiger partial charge in [0.25, 0.3) is 5.91 Å². The highest BCUT2D eigenvalue weighted by molar-refractivity contribution is 7.09. The average molecular weight is 1050 g/mol. The van der Waals surface area contributed by atoms with E-state index in [9.17, 15) is 29.1 Å². The number of ketones is 2. The molecule has 0 radical (unpaired) electrons. The van der Waals surface area contributed by atoms with Gasteiger partial charge >= 0.3 is 0 Å². The van der Waals surface area contributed by atoms with Gasteiger partial charge in [-0.3, -0.25) is 33.7 Å². The normalized spacial score (nSPS) is 19.1. The molecule has 1 saturated heterocycles. The van der Waals surface area contributed by atoms with Gasteiger partial charge in [0, 0.05) is 87.7 Å². The number of likely N-dealkylation sites (N-methyl/N-ethyl adjacent to an activating group) is 2. The van der Waals surface area contributed by atoms with Crippen LogP contribution in [0.15, 0.2) is 66.2 Å². The third-order valence-electron chi connectivity index (χ3n) is 15.2. The van der Waals surface area contributed by atoms with Gasteiger partial charge in [0.15, 0.2) is 12.0 Å². The number of Topliss-reactive ketones (excluding diaryl/α,β-unsaturated/α-hetero) is 2. The topological polar surface area (TPSA) is 178 Å². The Bertz CT molecular complexity index is 2210. The van der Waals surface area contributed by atoms with E-state index in [1.807, 2.05) is 75.0 Å². The summed E-state index contributed by atoms with van der Waals surface area (Å²) in [6.07, 6.45) is 2.80. The van der Waals surface area contributed by atoms with Crippen LogP contribution in [0.4, 0.5) is 0 Å². The molecule has 3 amide bonds. The van der Waals surface area contributed by atoms with E-state index in [0.29, 0.717) is 56.7 Å². The van der Waals surface area contributed by atoms with Gasteiger partial charge in [-0.1, -0.05) is 103 Å². The average Bonchev–Trinajstić information content (AvgIpc) is 4.16. The quantitative estimate of drug-likeness (QED) is 0.0589. The minimum atomic E-state index is -1.16. The smallest absolute Gasteiger partial charge is 0.280 e. The molecule has 410 valence electrons. The number of carbonyl (C=O) groups is 5. The Kier molecular flexibility index (Phi) is 24.3. The van der Waals surface area contributed by atoms with Crippen LogP contribution in [0, 0.1) is 29.6 Å². The van der Waals surface area contributed by atoms with Crippen molar-refractivity contribution in [3.05, 3.63) is 87.9 Å². The molecule has 0 spiro atoms. The first kappa shape index (κ1) is 60.4. The molecule has 0 bridgehead atoms. The second-order valence-corrected chi connectivity index (χ2v) is 21.8. The van der Waals surface area contributed by atoms with Crippen LogP contribution < -0.4 is 0 Å². The van der Waals surface area contributed by atoms with E-state index in [4.69, 9.17) is 23.8 Å². The molecular weight excluding hydrogens is 963 g/mol. The lowest BCUT2D eigenvalue weighted by Crippen LogP contribution is -2.54. The number of nitrogens with zero attached hydrogens (tertiary/aromatic N) is 5. The first-order valence-corrected chi connectivity index (χ1v) is 27.5. The lowest BCUT2D eigenvalue weighted by Gasteiger charge is -2.41. The Balaban J connectivity index is 1.14. The van der Waals surface area contributed by atoms with Gasteiger partial charge < -0.3 is 33.9 Å². The van der Waals surface area contributed by atoms with Crippen molar-refractivity contribution >= 4 is 40.6 Å². The second-order valence-electron chi connectivity index (χ2n) is 20.9. The van der Waals surface area contributed by atoms with Gasteiger partial charge in [-0.15, -0.1) is 11.3 Å². The van der Waals surface area contributed by atoms with Crippen molar-refractivity contribution in [1.82, 2.24) is 24.7 Å². The summed E-state index contributed by atoms with van der Waals surface area (Å²) >= 11 is 1.56. The first-order valence-electron chi connectivity index (χ1n) is 26.6. The number of aromatic nitrogens is 1. The molecule has 10 atom stereocenters. The monoisotopic (exact) mass is 1050 g/mol. The molecule has 74 heavy (non-hydrogen) atoms. The largest absolute Gasteiger partial charge is 0.379 e. The van der Waals surface area contributed by atoms with E-state index >= 15 is 0 Å². The number of likely N-dealkylation sites (tertiary alicyclic amines) is 1. The van der Waals surface area contributed by atoms with Crippen LogP contribution in [-0.4, -0.2) is 164 Å². The number of thiazole rings is 1. The molecule has 16 nitrogen and oxygen atoms in total. The fourth-order valence-corrected chi connectivity index (χ4v) is 11.7. The molecule has 1 N–H and O–H groups in total. The van der Waals surface area contributed by atoms with E-state index < -0.39 is 48.3 Å². The van der Waals surface area contributed by atoms with Crippen LogP contribution in [0.3, 0.4) is 0 Å². The minimum Gasteiger partial charge on any atom is -0.379 e. The zero-order valence-electron chi connectivity index (χ0n) is 45.9. The molecule has 3 heterocycles. The Hall–Kier alpha value is -4.46. The molecule has 17 heteroatoms. The summed E-state index contributed by atoms with van der Waals surface area (Å²) in [4.78, 5) is 86.0. The van der Waals surface area contributed by atoms with Gasteiger partial charge in [0.1, 0.15) is 5.78 Å². The van der Waals surface area contributed by atoms with E-state index in [1.54, 1.807) is 68.0 Å². The van der Waals surface area contributed by atoms with Gasteiger partial charge in [-0.05, 0) is 55.7 Å². The summed E-state index contributed by atoms with van der Waals surface area (Å²) in [6, 6.07) is 15.8. The second kappa shape index (κ2) is 29.7. The van der Waals surface area contributed by atoms with Crippen LogP contribution in [-0.2, 0) is 49.4 Å². The number of hydrogen-bond donors (Lipinski definition) is 1. The molecule has 1 unspecified atom stereocenters. The zero-order valence-corrected chi connectivity index (χ0v) is 46.7. The summed E-state index contributed by atoms with van der Waals surface area (Å²) in [5.74, 6) is -1.97. The van der Waals surface area contributed by atoms with Crippen LogP contribution in [0.5, 0.6) is 0 Å². The predicted molar refractivity (Wildman–Crippen MR) is 285 cm³/mol. The number of methoxy groups -OCH3 is 2. The van der Waals surface area contributed by atoms with E-state index in [-0.39, 0.29) is 85.8 Å². The molecule has 5 rings (SSSR count). The van der Waals surface area contributed by atoms with Gasteiger partial charge in [-0.25, -0.2) is 4.98 Å². The Morgan fingerprint density at radius 3 is 2.14 bits per heavy atom. The van der Waals surface area contributed by atoms with Gasteiger partial charge in [-0.2, -0.15) is 5.06 Å². The number of rotatable bonds is 33. The van der Waals surface area contributed by atoms with Crippen molar-refractivity contribution < 1.29 is 52.9 Å². The van der Waals surface area contributed by atoms with Gasteiger partial charge in [0.05, 0.1) is 74.8 Å². The maximum absolute atomic E-state index is 14.7. The molecule has 0 aliphatic carbocycles. The summed E-state index contributed by atoms with van der Waals surface area (Å²) in [5.41, 5.74) is 2.06.